The Balaban J connectivity index is 2.33. The van der Waals surface area contributed by atoms with Gasteiger partial charge in [0.05, 0.1) is 11.9 Å². The number of benzene rings is 1. The second-order valence-corrected chi connectivity index (χ2v) is 7.22. The first kappa shape index (κ1) is 17.5. The lowest BCUT2D eigenvalue weighted by atomic mass is 10.1. The molecule has 0 bridgehead atoms. The van der Waals surface area contributed by atoms with Crippen molar-refractivity contribution in [2.45, 2.75) is 38.2 Å². The number of nitrogens with one attached hydrogen (secondary N) is 1. The van der Waals surface area contributed by atoms with Crippen molar-refractivity contribution < 1.29 is 9.90 Å². The van der Waals surface area contributed by atoms with Gasteiger partial charge >= 0.3 is 0 Å². The van der Waals surface area contributed by atoms with E-state index in [1.165, 1.54) is 11.8 Å². The van der Waals surface area contributed by atoms with Crippen molar-refractivity contribution in [3.63, 3.8) is 0 Å². The van der Waals surface area contributed by atoms with Crippen LogP contribution in [0.25, 0.3) is 0 Å². The molecule has 0 saturated heterocycles. The first-order valence-corrected chi connectivity index (χ1v) is 8.50. The second-order valence-electron chi connectivity index (χ2n) is 5.29. The van der Waals surface area contributed by atoms with Crippen LogP contribution in [0.15, 0.2) is 27.6 Å². The fourth-order valence-electron chi connectivity index (χ4n) is 1.83. The largest absolute Gasteiger partial charge is 0.391 e. The molecule has 1 rings (SSSR count). The molecule has 1 unspecified atom stereocenters. The summed E-state index contributed by atoms with van der Waals surface area (Å²) in [5, 5.41) is 12.5. The predicted molar refractivity (Wildman–Crippen MR) is 88.1 cm³/mol. The highest BCUT2D eigenvalue weighted by atomic mass is 79.9. The van der Waals surface area contributed by atoms with Gasteiger partial charge in [-0.3, -0.25) is 4.79 Å². The number of aryl methyl sites for hydroxylation is 1. The van der Waals surface area contributed by atoms with Crippen LogP contribution in [-0.2, 0) is 4.79 Å². The molecule has 2 N–H and O–H groups in total. The molecular formula is C15H22BrNO2S. The van der Waals surface area contributed by atoms with Gasteiger partial charge < -0.3 is 10.4 Å². The van der Waals surface area contributed by atoms with Gasteiger partial charge in [0, 0.05) is 15.9 Å². The molecule has 1 aromatic carbocycles. The Morgan fingerprint density at radius 3 is 2.75 bits per heavy atom. The molecular weight excluding hydrogens is 338 g/mol. The van der Waals surface area contributed by atoms with Crippen LogP contribution in [0.3, 0.4) is 0 Å². The number of carbonyl (C=O) groups excluding carboxylic acids is 1. The van der Waals surface area contributed by atoms with Crippen LogP contribution in [0.1, 0.15) is 25.8 Å². The molecule has 0 aliphatic heterocycles. The summed E-state index contributed by atoms with van der Waals surface area (Å²) >= 11 is 4.94. The van der Waals surface area contributed by atoms with E-state index in [4.69, 9.17) is 0 Å². The van der Waals surface area contributed by atoms with Crippen molar-refractivity contribution in [3.8, 4) is 0 Å². The van der Waals surface area contributed by atoms with Crippen molar-refractivity contribution in [2.24, 2.45) is 5.92 Å². The highest BCUT2D eigenvalue weighted by Crippen LogP contribution is 2.25. The minimum Gasteiger partial charge on any atom is -0.391 e. The Hall–Kier alpha value is -0.520. The lowest BCUT2D eigenvalue weighted by Crippen LogP contribution is -2.33. The third-order valence-corrected chi connectivity index (χ3v) is 4.44. The van der Waals surface area contributed by atoms with Crippen LogP contribution in [0, 0.1) is 12.8 Å². The summed E-state index contributed by atoms with van der Waals surface area (Å²) < 4.78 is 1.04. The van der Waals surface area contributed by atoms with Crippen molar-refractivity contribution in [3.05, 3.63) is 28.2 Å². The summed E-state index contributed by atoms with van der Waals surface area (Å²) in [5.41, 5.74) is 1.15. The van der Waals surface area contributed by atoms with E-state index in [0.717, 1.165) is 14.9 Å². The lowest BCUT2D eigenvalue weighted by molar-refractivity contribution is -0.119. The highest BCUT2D eigenvalue weighted by Gasteiger charge is 2.10. The van der Waals surface area contributed by atoms with E-state index in [2.05, 4.69) is 35.1 Å². The maximum Gasteiger partial charge on any atom is 0.230 e. The summed E-state index contributed by atoms with van der Waals surface area (Å²) in [7, 11) is 0. The minimum atomic E-state index is -0.460. The Morgan fingerprint density at radius 2 is 2.15 bits per heavy atom. The quantitative estimate of drug-likeness (QED) is 0.733. The molecule has 5 heteroatoms. The van der Waals surface area contributed by atoms with Gasteiger partial charge in [-0.05, 0) is 43.0 Å². The first-order chi connectivity index (χ1) is 9.38. The molecule has 0 aliphatic carbocycles. The number of hydrogen-bond donors (Lipinski definition) is 2. The van der Waals surface area contributed by atoms with Crippen LogP contribution < -0.4 is 5.32 Å². The number of aliphatic hydroxyl groups is 1. The molecule has 0 aliphatic rings. The Labute approximate surface area is 133 Å². The van der Waals surface area contributed by atoms with Crippen molar-refractivity contribution in [2.75, 3.05) is 12.3 Å². The Kier molecular flexibility index (Phi) is 7.62. The van der Waals surface area contributed by atoms with E-state index in [0.29, 0.717) is 24.6 Å². The predicted octanol–water partition coefficient (Wildman–Crippen LogP) is 3.37. The molecule has 3 nitrogen and oxygen atoms in total. The molecule has 0 saturated carbocycles. The van der Waals surface area contributed by atoms with Crippen LogP contribution in [-0.4, -0.2) is 29.4 Å². The molecule has 0 spiro atoms. The van der Waals surface area contributed by atoms with E-state index in [9.17, 15) is 9.90 Å². The maximum atomic E-state index is 11.7. The summed E-state index contributed by atoms with van der Waals surface area (Å²) in [6, 6.07) is 6.01. The molecule has 0 radical (unpaired) electrons. The van der Waals surface area contributed by atoms with Gasteiger partial charge in [-0.1, -0.05) is 29.8 Å². The Morgan fingerprint density at radius 1 is 1.45 bits per heavy atom. The van der Waals surface area contributed by atoms with Crippen molar-refractivity contribution in [1.82, 2.24) is 5.32 Å². The average molecular weight is 360 g/mol. The fourth-order valence-corrected chi connectivity index (χ4v) is 3.14. The van der Waals surface area contributed by atoms with Crippen LogP contribution in [0.4, 0.5) is 0 Å². The number of hydrogen-bond acceptors (Lipinski definition) is 3. The van der Waals surface area contributed by atoms with E-state index in [1.807, 2.05) is 25.1 Å². The first-order valence-electron chi connectivity index (χ1n) is 6.72. The molecule has 0 fully saturated rings. The highest BCUT2D eigenvalue weighted by molar-refractivity contribution is 9.10. The topological polar surface area (TPSA) is 49.3 Å². The molecule has 1 amide bonds. The van der Waals surface area contributed by atoms with E-state index >= 15 is 0 Å². The lowest BCUT2D eigenvalue weighted by Gasteiger charge is -2.14. The standard InChI is InChI=1S/C15H22BrNO2S/c1-10(2)6-13(18)8-17-15(19)9-20-14-5-4-12(16)7-11(14)3/h4-5,7,10,13,18H,6,8-9H2,1-3H3,(H,17,19). The molecule has 1 atom stereocenters. The number of carbonyl (C=O) groups is 1. The van der Waals surface area contributed by atoms with Gasteiger partial charge in [-0.2, -0.15) is 0 Å². The van der Waals surface area contributed by atoms with Crippen LogP contribution >= 0.6 is 27.7 Å². The van der Waals surface area contributed by atoms with Gasteiger partial charge in [0.25, 0.3) is 0 Å². The number of rotatable bonds is 7. The number of halogens is 1. The molecule has 20 heavy (non-hydrogen) atoms. The van der Waals surface area contributed by atoms with Crippen LogP contribution in [0.5, 0.6) is 0 Å². The molecule has 0 aromatic heterocycles. The number of thioether (sulfide) groups is 1. The third kappa shape index (κ3) is 6.77. The van der Waals surface area contributed by atoms with Gasteiger partial charge in [0.15, 0.2) is 0 Å². The van der Waals surface area contributed by atoms with Gasteiger partial charge in [-0.25, -0.2) is 0 Å². The van der Waals surface area contributed by atoms with Gasteiger partial charge in [0.2, 0.25) is 5.91 Å². The summed E-state index contributed by atoms with van der Waals surface area (Å²) in [4.78, 5) is 12.8. The van der Waals surface area contributed by atoms with Gasteiger partial charge in [-0.15, -0.1) is 11.8 Å². The summed E-state index contributed by atoms with van der Waals surface area (Å²) in [5.74, 6) is 0.762. The second kappa shape index (κ2) is 8.70. The monoisotopic (exact) mass is 359 g/mol. The normalized spacial score (nSPS) is 12.5. The third-order valence-electron chi connectivity index (χ3n) is 2.77. The average Bonchev–Trinajstić information content (AvgIpc) is 2.34. The van der Waals surface area contributed by atoms with Crippen molar-refractivity contribution >= 4 is 33.6 Å². The number of aliphatic hydroxyl groups excluding tert-OH is 1. The zero-order valence-electron chi connectivity index (χ0n) is 12.1. The van der Waals surface area contributed by atoms with Crippen LogP contribution in [0.2, 0.25) is 0 Å². The zero-order valence-corrected chi connectivity index (χ0v) is 14.6. The van der Waals surface area contributed by atoms with Gasteiger partial charge in [0.1, 0.15) is 0 Å². The van der Waals surface area contributed by atoms with E-state index in [-0.39, 0.29) is 5.91 Å². The molecule has 0 heterocycles. The van der Waals surface area contributed by atoms with E-state index < -0.39 is 6.10 Å². The van der Waals surface area contributed by atoms with E-state index in [1.54, 1.807) is 0 Å². The molecule has 112 valence electrons. The Bertz CT molecular complexity index is 451. The van der Waals surface area contributed by atoms with Crippen molar-refractivity contribution in [1.29, 1.82) is 0 Å². The maximum absolute atomic E-state index is 11.7. The minimum absolute atomic E-state index is 0.0416. The summed E-state index contributed by atoms with van der Waals surface area (Å²) in [6.07, 6.45) is 0.248. The zero-order chi connectivity index (χ0) is 15.1. The summed E-state index contributed by atoms with van der Waals surface area (Å²) in [6.45, 7) is 6.46. The fraction of sp³-hybridized carbons (Fsp3) is 0.533. The molecule has 1 aromatic rings. The smallest absolute Gasteiger partial charge is 0.230 e. The number of amides is 1. The SMILES string of the molecule is Cc1cc(Br)ccc1SCC(=O)NCC(O)CC(C)C.